The molecule has 0 unspecified atom stereocenters. The first-order chi connectivity index (χ1) is 5.63. The molecule has 1 nitrogen and oxygen atoms in total. The number of halogens is 3. The second-order valence-corrected chi connectivity index (χ2v) is 3.50. The summed E-state index contributed by atoms with van der Waals surface area (Å²) in [5.74, 6) is 0. The summed E-state index contributed by atoms with van der Waals surface area (Å²) in [7, 11) is 0. The summed E-state index contributed by atoms with van der Waals surface area (Å²) < 4.78 is 0. The van der Waals surface area contributed by atoms with Gasteiger partial charge in [-0.3, -0.25) is 0 Å². The summed E-state index contributed by atoms with van der Waals surface area (Å²) in [4.78, 5) is 0. The average molecular weight is 220 g/mol. The summed E-state index contributed by atoms with van der Waals surface area (Å²) in [5, 5.41) is 8.78. The van der Waals surface area contributed by atoms with E-state index in [1.54, 1.807) is 18.2 Å². The van der Waals surface area contributed by atoms with Crippen LogP contribution < -0.4 is 0 Å². The fraction of sp³-hybridized carbons (Fsp3) is 0.125. The molecule has 12 heavy (non-hydrogen) atoms. The number of benzene rings is 1. The lowest BCUT2D eigenvalue weighted by molar-refractivity contribution is 1.21. The van der Waals surface area contributed by atoms with Crippen LogP contribution in [0.5, 0.6) is 0 Å². The van der Waals surface area contributed by atoms with Crippen molar-refractivity contribution in [1.82, 2.24) is 0 Å². The first-order valence-corrected chi connectivity index (χ1v) is 4.32. The molecule has 0 spiro atoms. The highest BCUT2D eigenvalue weighted by Crippen LogP contribution is 2.26. The zero-order valence-electron chi connectivity index (χ0n) is 5.89. The Morgan fingerprint density at radius 2 is 1.67 bits per heavy atom. The Morgan fingerprint density at radius 3 is 2.08 bits per heavy atom. The normalized spacial score (nSPS) is 12.2. The summed E-state index contributed by atoms with van der Waals surface area (Å²) >= 11 is 17.1. The zero-order chi connectivity index (χ0) is 9.14. The predicted octanol–water partition coefficient (Wildman–Crippen LogP) is 3.80. The Bertz CT molecular complexity index is 309. The highest BCUT2D eigenvalue weighted by molar-refractivity contribution is 6.35. The summed E-state index contributed by atoms with van der Waals surface area (Å²) in [6.45, 7) is 0. The van der Waals surface area contributed by atoms with Crippen LogP contribution in [-0.4, -0.2) is 0 Å². The molecule has 1 atom stereocenters. The van der Waals surface area contributed by atoms with Crippen LogP contribution in [0, 0.1) is 11.3 Å². The molecule has 0 heterocycles. The molecule has 0 aliphatic carbocycles. The van der Waals surface area contributed by atoms with E-state index in [1.807, 2.05) is 6.07 Å². The van der Waals surface area contributed by atoms with Crippen LogP contribution in [0.1, 0.15) is 10.9 Å². The molecular formula is C8H4Cl3N. The van der Waals surface area contributed by atoms with Crippen molar-refractivity contribution in [3.63, 3.8) is 0 Å². The first kappa shape index (κ1) is 9.67. The van der Waals surface area contributed by atoms with Crippen molar-refractivity contribution in [3.8, 4) is 6.07 Å². The number of rotatable bonds is 1. The molecule has 0 saturated heterocycles. The van der Waals surface area contributed by atoms with Crippen molar-refractivity contribution < 1.29 is 0 Å². The smallest absolute Gasteiger partial charge is 0.145 e. The van der Waals surface area contributed by atoms with Crippen LogP contribution in [-0.2, 0) is 0 Å². The van der Waals surface area contributed by atoms with E-state index in [1.165, 1.54) is 0 Å². The average Bonchev–Trinajstić information content (AvgIpc) is 2.01. The number of nitriles is 1. The maximum atomic E-state index is 8.50. The van der Waals surface area contributed by atoms with Crippen LogP contribution in [0.4, 0.5) is 0 Å². The molecule has 0 bridgehead atoms. The SMILES string of the molecule is N#C[C@H](Cl)c1cc(Cl)cc(Cl)c1. The van der Waals surface area contributed by atoms with Gasteiger partial charge in [0, 0.05) is 10.0 Å². The minimum absolute atomic E-state index is 0.485. The van der Waals surface area contributed by atoms with E-state index in [2.05, 4.69) is 0 Å². The zero-order valence-corrected chi connectivity index (χ0v) is 8.16. The molecule has 0 amide bonds. The Morgan fingerprint density at radius 1 is 1.17 bits per heavy atom. The maximum absolute atomic E-state index is 8.50. The molecule has 1 aromatic carbocycles. The van der Waals surface area contributed by atoms with Crippen molar-refractivity contribution in [2.24, 2.45) is 0 Å². The molecule has 62 valence electrons. The van der Waals surface area contributed by atoms with Crippen molar-refractivity contribution in [1.29, 1.82) is 5.26 Å². The van der Waals surface area contributed by atoms with Crippen molar-refractivity contribution in [2.45, 2.75) is 5.38 Å². The molecule has 0 radical (unpaired) electrons. The predicted molar refractivity (Wildman–Crippen MR) is 50.7 cm³/mol. The Balaban J connectivity index is 3.10. The standard InChI is InChI=1S/C8H4Cl3N/c9-6-1-5(8(11)4-12)2-7(10)3-6/h1-3,8H/t8-/m0/s1. The number of nitrogens with zero attached hydrogens (tertiary/aromatic N) is 1. The lowest BCUT2D eigenvalue weighted by atomic mass is 10.2. The van der Waals surface area contributed by atoms with Crippen molar-refractivity contribution in [2.75, 3.05) is 0 Å². The number of hydrogen-bond donors (Lipinski definition) is 0. The second-order valence-electron chi connectivity index (χ2n) is 2.19. The summed E-state index contributed by atoms with van der Waals surface area (Å²) in [6, 6.07) is 6.71. The first-order valence-electron chi connectivity index (χ1n) is 3.13. The van der Waals surface area contributed by atoms with E-state index in [0.29, 0.717) is 15.6 Å². The fourth-order valence-electron chi connectivity index (χ4n) is 0.796. The van der Waals surface area contributed by atoms with Gasteiger partial charge in [0.2, 0.25) is 0 Å². The largest absolute Gasteiger partial charge is 0.196 e. The summed E-state index contributed by atoms with van der Waals surface area (Å²) in [6.07, 6.45) is 0. The van der Waals surface area contributed by atoms with Crippen molar-refractivity contribution >= 4 is 34.8 Å². The van der Waals surface area contributed by atoms with Gasteiger partial charge in [-0.25, -0.2) is 0 Å². The third-order valence-corrected chi connectivity index (χ3v) is 2.08. The minimum Gasteiger partial charge on any atom is -0.196 e. The van der Waals surface area contributed by atoms with Crippen LogP contribution in [0.15, 0.2) is 18.2 Å². The molecule has 0 aromatic heterocycles. The quantitative estimate of drug-likeness (QED) is 0.661. The van der Waals surface area contributed by atoms with E-state index in [9.17, 15) is 0 Å². The molecular weight excluding hydrogens is 216 g/mol. The Kier molecular flexibility index (Phi) is 3.22. The van der Waals surface area contributed by atoms with E-state index in [0.717, 1.165) is 0 Å². The van der Waals surface area contributed by atoms with Gasteiger partial charge in [0.1, 0.15) is 5.38 Å². The Labute approximate surface area is 85.5 Å². The van der Waals surface area contributed by atoms with Crippen molar-refractivity contribution in [3.05, 3.63) is 33.8 Å². The third-order valence-electron chi connectivity index (χ3n) is 1.29. The van der Waals surface area contributed by atoms with E-state index < -0.39 is 5.38 Å². The van der Waals surface area contributed by atoms with Gasteiger partial charge < -0.3 is 0 Å². The van der Waals surface area contributed by atoms with Gasteiger partial charge in [-0.05, 0) is 23.8 Å². The van der Waals surface area contributed by atoms with Gasteiger partial charge in [0.25, 0.3) is 0 Å². The molecule has 1 rings (SSSR count). The van der Waals surface area contributed by atoms with Crippen LogP contribution in [0.2, 0.25) is 10.0 Å². The molecule has 0 aliphatic rings. The molecule has 1 aromatic rings. The molecule has 4 heteroatoms. The summed E-state index contributed by atoms with van der Waals surface area (Å²) in [5.41, 5.74) is 0.622. The molecule has 0 N–H and O–H groups in total. The lowest BCUT2D eigenvalue weighted by Gasteiger charge is -2.01. The number of alkyl halides is 1. The molecule has 0 aliphatic heterocycles. The van der Waals surface area contributed by atoms with Gasteiger partial charge in [0.05, 0.1) is 6.07 Å². The maximum Gasteiger partial charge on any atom is 0.145 e. The van der Waals surface area contributed by atoms with E-state index >= 15 is 0 Å². The minimum atomic E-state index is -0.693. The highest BCUT2D eigenvalue weighted by Gasteiger charge is 2.07. The Hall–Kier alpha value is -0.420. The van der Waals surface area contributed by atoms with Gasteiger partial charge in [-0.2, -0.15) is 5.26 Å². The van der Waals surface area contributed by atoms with Gasteiger partial charge in [0.15, 0.2) is 0 Å². The second kappa shape index (κ2) is 4.00. The topological polar surface area (TPSA) is 23.8 Å². The van der Waals surface area contributed by atoms with E-state index in [-0.39, 0.29) is 0 Å². The lowest BCUT2D eigenvalue weighted by Crippen LogP contribution is -1.85. The van der Waals surface area contributed by atoms with Crippen LogP contribution in [0.3, 0.4) is 0 Å². The van der Waals surface area contributed by atoms with E-state index in [4.69, 9.17) is 40.1 Å². The van der Waals surface area contributed by atoms with Gasteiger partial charge in [-0.15, -0.1) is 11.6 Å². The fourth-order valence-corrected chi connectivity index (χ4v) is 1.46. The third kappa shape index (κ3) is 2.28. The van der Waals surface area contributed by atoms with Crippen LogP contribution in [0.25, 0.3) is 0 Å². The molecule has 0 saturated carbocycles. The monoisotopic (exact) mass is 219 g/mol. The van der Waals surface area contributed by atoms with Gasteiger partial charge in [-0.1, -0.05) is 23.2 Å². The number of hydrogen-bond acceptors (Lipinski definition) is 1. The highest BCUT2D eigenvalue weighted by atomic mass is 35.5. The van der Waals surface area contributed by atoms with Crippen LogP contribution >= 0.6 is 34.8 Å². The van der Waals surface area contributed by atoms with Gasteiger partial charge >= 0.3 is 0 Å². The molecule has 0 fully saturated rings.